The number of amides is 1. The maximum atomic E-state index is 12.6. The average Bonchev–Trinajstić information content (AvgIpc) is 2.93. The Kier molecular flexibility index (Phi) is 9.20. The van der Waals surface area contributed by atoms with Gasteiger partial charge in [-0.2, -0.15) is 0 Å². The van der Waals surface area contributed by atoms with Gasteiger partial charge in [0.15, 0.2) is 0 Å². The number of carbonyl (C=O) groups is 2. The van der Waals surface area contributed by atoms with Crippen molar-refractivity contribution >= 4 is 46.1 Å². The third-order valence-electron chi connectivity index (χ3n) is 5.85. The van der Waals surface area contributed by atoms with Gasteiger partial charge in [0.1, 0.15) is 12.4 Å². The summed E-state index contributed by atoms with van der Waals surface area (Å²) in [6.45, 7) is 0.298. The number of halogens is 1. The molecule has 9 heteroatoms. The van der Waals surface area contributed by atoms with E-state index in [4.69, 9.17) is 21.1 Å². The Balaban J connectivity index is 1.49. The molecule has 2 aromatic heterocycles. The number of carbonyl (C=O) groups excluding carboxylic acids is 2. The molecule has 0 fully saturated rings. The van der Waals surface area contributed by atoms with Crippen molar-refractivity contribution in [3.05, 3.63) is 100 Å². The molecule has 0 saturated carbocycles. The third-order valence-corrected chi connectivity index (χ3v) is 7.43. The van der Waals surface area contributed by atoms with Gasteiger partial charge in [-0.3, -0.25) is 9.78 Å². The molecule has 1 atom stereocenters. The first kappa shape index (κ1) is 27.4. The van der Waals surface area contributed by atoms with E-state index in [1.54, 1.807) is 43.0 Å². The van der Waals surface area contributed by atoms with Gasteiger partial charge in [-0.1, -0.05) is 35.9 Å². The minimum atomic E-state index is -0.433. The molecular formula is C29H28ClN3O4S. The molecule has 0 spiro atoms. The van der Waals surface area contributed by atoms with E-state index in [1.165, 1.54) is 13.3 Å². The smallest absolute Gasteiger partial charge is 0.339 e. The van der Waals surface area contributed by atoms with Gasteiger partial charge in [0, 0.05) is 54.3 Å². The maximum absolute atomic E-state index is 12.6. The van der Waals surface area contributed by atoms with Crippen LogP contribution in [0.3, 0.4) is 0 Å². The molecule has 0 aliphatic carbocycles. The molecule has 0 saturated heterocycles. The molecule has 1 amide bonds. The summed E-state index contributed by atoms with van der Waals surface area (Å²) in [6, 6.07) is 19.1. The normalized spacial score (nSPS) is 11.7. The van der Waals surface area contributed by atoms with Crippen molar-refractivity contribution in [2.45, 2.75) is 24.0 Å². The van der Waals surface area contributed by atoms with Crippen LogP contribution in [0.2, 0.25) is 5.02 Å². The largest absolute Gasteiger partial charge is 0.487 e. The van der Waals surface area contributed by atoms with Crippen molar-refractivity contribution in [2.75, 3.05) is 21.2 Å². The van der Waals surface area contributed by atoms with E-state index in [2.05, 4.69) is 9.97 Å². The van der Waals surface area contributed by atoms with Crippen LogP contribution in [0.5, 0.6) is 5.75 Å². The van der Waals surface area contributed by atoms with Crippen LogP contribution in [0.4, 0.5) is 0 Å². The fourth-order valence-corrected chi connectivity index (χ4v) is 5.10. The van der Waals surface area contributed by atoms with Gasteiger partial charge >= 0.3 is 5.97 Å². The zero-order valence-electron chi connectivity index (χ0n) is 21.4. The van der Waals surface area contributed by atoms with Gasteiger partial charge in [0.2, 0.25) is 5.91 Å². The lowest BCUT2D eigenvalue weighted by molar-refractivity contribution is -0.128. The molecule has 2 heterocycles. The van der Waals surface area contributed by atoms with Crippen molar-refractivity contribution in [1.82, 2.24) is 14.9 Å². The first-order valence-electron chi connectivity index (χ1n) is 11.9. The van der Waals surface area contributed by atoms with Crippen LogP contribution in [0.25, 0.3) is 10.9 Å². The van der Waals surface area contributed by atoms with E-state index < -0.39 is 5.97 Å². The van der Waals surface area contributed by atoms with Crippen molar-refractivity contribution in [1.29, 1.82) is 0 Å². The molecule has 1 unspecified atom stereocenters. The number of methoxy groups -OCH3 is 1. The third kappa shape index (κ3) is 7.24. The van der Waals surface area contributed by atoms with Crippen LogP contribution >= 0.6 is 23.4 Å². The van der Waals surface area contributed by atoms with E-state index in [9.17, 15) is 9.59 Å². The van der Waals surface area contributed by atoms with Crippen LogP contribution < -0.4 is 4.74 Å². The van der Waals surface area contributed by atoms with Crippen LogP contribution in [0.1, 0.15) is 38.8 Å². The number of fused-ring (bicyclic) bond motifs is 1. The lowest BCUT2D eigenvalue weighted by Gasteiger charge is -2.20. The second kappa shape index (κ2) is 12.8. The Morgan fingerprint density at radius 1 is 1.05 bits per heavy atom. The molecule has 196 valence electrons. The number of nitrogens with zero attached hydrogens (tertiary/aromatic N) is 3. The van der Waals surface area contributed by atoms with Crippen LogP contribution in [0.15, 0.2) is 73.1 Å². The summed E-state index contributed by atoms with van der Waals surface area (Å²) < 4.78 is 10.9. The number of benzene rings is 2. The van der Waals surface area contributed by atoms with Crippen molar-refractivity contribution in [3.63, 3.8) is 0 Å². The summed E-state index contributed by atoms with van der Waals surface area (Å²) in [4.78, 5) is 34.9. The van der Waals surface area contributed by atoms with Gasteiger partial charge in [-0.15, -0.1) is 11.8 Å². The Morgan fingerprint density at radius 2 is 1.87 bits per heavy atom. The van der Waals surface area contributed by atoms with E-state index >= 15 is 0 Å². The first-order chi connectivity index (χ1) is 18.3. The highest BCUT2D eigenvalue weighted by Gasteiger charge is 2.19. The lowest BCUT2D eigenvalue weighted by atomic mass is 10.1. The predicted octanol–water partition coefficient (Wildman–Crippen LogP) is 6.10. The van der Waals surface area contributed by atoms with Crippen LogP contribution in [0, 0.1) is 0 Å². The zero-order chi connectivity index (χ0) is 27.1. The highest BCUT2D eigenvalue weighted by molar-refractivity contribution is 7.98. The highest BCUT2D eigenvalue weighted by Crippen LogP contribution is 2.36. The fraction of sp³-hybridized carbons (Fsp3) is 0.241. The minimum absolute atomic E-state index is 0.0225. The van der Waals surface area contributed by atoms with Gasteiger partial charge in [-0.25, -0.2) is 9.78 Å². The second-order valence-corrected chi connectivity index (χ2v) is 10.5. The summed E-state index contributed by atoms with van der Waals surface area (Å²) >= 11 is 7.72. The minimum Gasteiger partial charge on any atom is -0.487 e. The zero-order valence-corrected chi connectivity index (χ0v) is 23.0. The average molecular weight is 550 g/mol. The van der Waals surface area contributed by atoms with Crippen LogP contribution in [-0.4, -0.2) is 47.9 Å². The monoisotopic (exact) mass is 549 g/mol. The summed E-state index contributed by atoms with van der Waals surface area (Å²) in [6.07, 6.45) is 3.51. The van der Waals surface area contributed by atoms with Gasteiger partial charge in [-0.05, 0) is 47.5 Å². The standard InChI is InChI=1S/C29H28ClN3O4S/c1-33(2)28(34)14-27(38-18-19-11-22(16-31-15-19)29(35)36-3)21-5-4-6-25(12-21)37-17-24-10-8-20-7-9-23(30)13-26(20)32-24/h4-13,15-16,27H,14,17-18H2,1-3H3. The van der Waals surface area contributed by atoms with Crippen LogP contribution in [-0.2, 0) is 21.9 Å². The molecule has 4 aromatic rings. The number of pyridine rings is 2. The van der Waals surface area contributed by atoms with Crippen molar-refractivity contribution < 1.29 is 19.1 Å². The van der Waals surface area contributed by atoms with Crippen molar-refractivity contribution in [2.24, 2.45) is 0 Å². The molecule has 2 aromatic carbocycles. The number of thioether (sulfide) groups is 1. The number of aromatic nitrogens is 2. The molecule has 0 bridgehead atoms. The topological polar surface area (TPSA) is 81.6 Å². The quantitative estimate of drug-likeness (QED) is 0.221. The highest BCUT2D eigenvalue weighted by atomic mass is 35.5. The fourth-order valence-electron chi connectivity index (χ4n) is 3.78. The Hall–Kier alpha value is -3.62. The van der Waals surface area contributed by atoms with E-state index in [1.807, 2.05) is 54.6 Å². The molecule has 38 heavy (non-hydrogen) atoms. The van der Waals surface area contributed by atoms with E-state index in [0.29, 0.717) is 35.1 Å². The molecular weight excluding hydrogens is 522 g/mol. The van der Waals surface area contributed by atoms with Gasteiger partial charge in [0.25, 0.3) is 0 Å². The summed E-state index contributed by atoms with van der Waals surface area (Å²) in [5, 5.41) is 1.52. The molecule has 0 N–H and O–H groups in total. The van der Waals surface area contributed by atoms with Crippen molar-refractivity contribution in [3.8, 4) is 5.75 Å². The number of hydrogen-bond acceptors (Lipinski definition) is 7. The lowest BCUT2D eigenvalue weighted by Crippen LogP contribution is -2.23. The number of esters is 1. The number of ether oxygens (including phenoxy) is 2. The number of hydrogen-bond donors (Lipinski definition) is 0. The summed E-state index contributed by atoms with van der Waals surface area (Å²) in [5.74, 6) is 0.845. The first-order valence-corrected chi connectivity index (χ1v) is 13.4. The van der Waals surface area contributed by atoms with E-state index in [-0.39, 0.29) is 11.2 Å². The molecule has 0 aliphatic heterocycles. The second-order valence-electron chi connectivity index (χ2n) is 8.87. The Labute approximate surface area is 231 Å². The molecule has 4 rings (SSSR count). The van der Waals surface area contributed by atoms with Gasteiger partial charge in [0.05, 0.1) is 23.9 Å². The van der Waals surface area contributed by atoms with Gasteiger partial charge < -0.3 is 14.4 Å². The Morgan fingerprint density at radius 3 is 2.66 bits per heavy atom. The maximum Gasteiger partial charge on any atom is 0.339 e. The SMILES string of the molecule is COC(=O)c1cncc(CSC(CC(=O)N(C)C)c2cccc(OCc3ccc4ccc(Cl)cc4n3)c2)c1. The van der Waals surface area contributed by atoms with E-state index in [0.717, 1.165) is 27.7 Å². The summed E-state index contributed by atoms with van der Waals surface area (Å²) in [7, 11) is 4.83. The predicted molar refractivity (Wildman–Crippen MR) is 150 cm³/mol. The number of rotatable bonds is 10. The molecule has 0 aliphatic rings. The molecule has 0 radical (unpaired) electrons. The summed E-state index contributed by atoms with van der Waals surface area (Å²) in [5.41, 5.74) is 3.84. The molecule has 7 nitrogen and oxygen atoms in total. The Bertz CT molecular complexity index is 1450.